The molecule has 0 aliphatic carbocycles. The third kappa shape index (κ3) is 2.44. The molecule has 1 fully saturated rings. The van der Waals surface area contributed by atoms with Gasteiger partial charge in [0.25, 0.3) is 0 Å². The van der Waals surface area contributed by atoms with Gasteiger partial charge < -0.3 is 15.2 Å². The highest BCUT2D eigenvalue weighted by molar-refractivity contribution is 4.83. The van der Waals surface area contributed by atoms with E-state index in [0.717, 1.165) is 26.1 Å². The number of rotatable bonds is 4. The molecular formula is C9H19NO2. The summed E-state index contributed by atoms with van der Waals surface area (Å²) in [4.78, 5) is 0. The monoisotopic (exact) mass is 173 g/mol. The van der Waals surface area contributed by atoms with Crippen LogP contribution in [0.1, 0.15) is 13.3 Å². The van der Waals surface area contributed by atoms with E-state index in [0.29, 0.717) is 11.8 Å². The first-order valence-electron chi connectivity index (χ1n) is 4.63. The second-order valence-electron chi connectivity index (χ2n) is 3.65. The molecule has 0 radical (unpaired) electrons. The van der Waals surface area contributed by atoms with Crippen LogP contribution in [-0.2, 0) is 4.74 Å². The van der Waals surface area contributed by atoms with Gasteiger partial charge >= 0.3 is 0 Å². The van der Waals surface area contributed by atoms with Crippen molar-refractivity contribution in [3.8, 4) is 0 Å². The third-order valence-electron chi connectivity index (χ3n) is 2.74. The minimum Gasteiger partial charge on any atom is -0.391 e. The summed E-state index contributed by atoms with van der Waals surface area (Å²) < 4.78 is 5.01. The number of hydrogen-bond acceptors (Lipinski definition) is 3. The molecule has 72 valence electrons. The Bertz CT molecular complexity index is 130. The number of hydrogen-bond donors (Lipinski definition) is 2. The Morgan fingerprint density at radius 2 is 2.33 bits per heavy atom. The quantitative estimate of drug-likeness (QED) is 0.640. The molecule has 1 heterocycles. The fraction of sp³-hybridized carbons (Fsp3) is 1.00. The predicted molar refractivity (Wildman–Crippen MR) is 48.0 cm³/mol. The lowest BCUT2D eigenvalue weighted by Crippen LogP contribution is -2.25. The molecule has 0 aromatic heterocycles. The van der Waals surface area contributed by atoms with Crippen LogP contribution in [0.2, 0.25) is 0 Å². The molecule has 2 N–H and O–H groups in total. The molecule has 0 amide bonds. The molecule has 1 saturated heterocycles. The Balaban J connectivity index is 2.25. The van der Waals surface area contributed by atoms with Crippen LogP contribution in [-0.4, -0.2) is 38.0 Å². The van der Waals surface area contributed by atoms with Gasteiger partial charge in [-0.15, -0.1) is 0 Å². The fourth-order valence-corrected chi connectivity index (χ4v) is 1.78. The first kappa shape index (κ1) is 9.96. The average molecular weight is 173 g/mol. The SMILES string of the molecule is COCCC(C)C1CNCC1O. The zero-order chi connectivity index (χ0) is 8.97. The Kier molecular flexibility index (Phi) is 3.98. The normalized spacial score (nSPS) is 32.2. The third-order valence-corrected chi connectivity index (χ3v) is 2.74. The van der Waals surface area contributed by atoms with E-state index in [9.17, 15) is 5.11 Å². The lowest BCUT2D eigenvalue weighted by molar-refractivity contribution is 0.0984. The van der Waals surface area contributed by atoms with Crippen molar-refractivity contribution in [1.82, 2.24) is 5.32 Å². The fourth-order valence-electron chi connectivity index (χ4n) is 1.78. The first-order chi connectivity index (χ1) is 5.75. The summed E-state index contributed by atoms with van der Waals surface area (Å²) >= 11 is 0. The zero-order valence-corrected chi connectivity index (χ0v) is 7.92. The van der Waals surface area contributed by atoms with Crippen LogP contribution in [0.4, 0.5) is 0 Å². The van der Waals surface area contributed by atoms with Crippen LogP contribution in [0.5, 0.6) is 0 Å². The van der Waals surface area contributed by atoms with Crippen LogP contribution in [0.3, 0.4) is 0 Å². The van der Waals surface area contributed by atoms with Gasteiger partial charge in [0.15, 0.2) is 0 Å². The molecule has 1 aliphatic rings. The van der Waals surface area contributed by atoms with Gasteiger partial charge in [0, 0.05) is 32.7 Å². The smallest absolute Gasteiger partial charge is 0.0707 e. The van der Waals surface area contributed by atoms with Crippen molar-refractivity contribution in [3.05, 3.63) is 0 Å². The minimum absolute atomic E-state index is 0.156. The van der Waals surface area contributed by atoms with Gasteiger partial charge in [-0.25, -0.2) is 0 Å². The summed E-state index contributed by atoms with van der Waals surface area (Å²) in [5, 5.41) is 12.7. The molecule has 3 atom stereocenters. The van der Waals surface area contributed by atoms with Crippen LogP contribution in [0, 0.1) is 11.8 Å². The van der Waals surface area contributed by atoms with Crippen molar-refractivity contribution in [3.63, 3.8) is 0 Å². The van der Waals surface area contributed by atoms with Crippen molar-refractivity contribution in [2.75, 3.05) is 26.8 Å². The van der Waals surface area contributed by atoms with Gasteiger partial charge in [-0.2, -0.15) is 0 Å². The van der Waals surface area contributed by atoms with Gasteiger partial charge in [-0.3, -0.25) is 0 Å². The molecule has 1 rings (SSSR count). The van der Waals surface area contributed by atoms with Gasteiger partial charge in [0.1, 0.15) is 0 Å². The van der Waals surface area contributed by atoms with Crippen LogP contribution in [0.25, 0.3) is 0 Å². The molecule has 0 bridgehead atoms. The number of ether oxygens (including phenoxy) is 1. The van der Waals surface area contributed by atoms with Crippen LogP contribution >= 0.6 is 0 Å². The van der Waals surface area contributed by atoms with Gasteiger partial charge in [-0.05, 0) is 12.3 Å². The lowest BCUT2D eigenvalue weighted by atomic mass is 9.89. The van der Waals surface area contributed by atoms with Crippen molar-refractivity contribution in [2.24, 2.45) is 11.8 Å². The molecule has 3 unspecified atom stereocenters. The van der Waals surface area contributed by atoms with Crippen molar-refractivity contribution >= 4 is 0 Å². The van der Waals surface area contributed by atoms with E-state index in [1.165, 1.54) is 0 Å². The summed E-state index contributed by atoms with van der Waals surface area (Å²) in [6.45, 7) is 4.68. The van der Waals surface area contributed by atoms with E-state index < -0.39 is 0 Å². The predicted octanol–water partition coefficient (Wildman–Crippen LogP) is 0.239. The number of β-amino-alcohol motifs (C(OH)–C–C–N with tert-alkyl or cyclic N) is 1. The topological polar surface area (TPSA) is 41.5 Å². The maximum atomic E-state index is 9.56. The Hall–Kier alpha value is -0.120. The molecule has 0 spiro atoms. The summed E-state index contributed by atoms with van der Waals surface area (Å²) in [6.07, 6.45) is 0.886. The molecular weight excluding hydrogens is 154 g/mol. The highest BCUT2D eigenvalue weighted by Crippen LogP contribution is 2.21. The second kappa shape index (κ2) is 4.80. The van der Waals surface area contributed by atoms with Gasteiger partial charge in [0.05, 0.1) is 6.10 Å². The highest BCUT2D eigenvalue weighted by atomic mass is 16.5. The largest absolute Gasteiger partial charge is 0.391 e. The van der Waals surface area contributed by atoms with E-state index in [1.54, 1.807) is 7.11 Å². The molecule has 3 nitrogen and oxygen atoms in total. The first-order valence-corrected chi connectivity index (χ1v) is 4.63. The maximum Gasteiger partial charge on any atom is 0.0707 e. The zero-order valence-electron chi connectivity index (χ0n) is 7.92. The Morgan fingerprint density at radius 1 is 1.58 bits per heavy atom. The highest BCUT2D eigenvalue weighted by Gasteiger charge is 2.29. The molecule has 0 saturated carbocycles. The lowest BCUT2D eigenvalue weighted by Gasteiger charge is -2.20. The molecule has 0 aromatic rings. The van der Waals surface area contributed by atoms with E-state index in [4.69, 9.17) is 4.74 Å². The number of aliphatic hydroxyl groups excluding tert-OH is 1. The van der Waals surface area contributed by atoms with Crippen molar-refractivity contribution in [1.29, 1.82) is 0 Å². The van der Waals surface area contributed by atoms with E-state index >= 15 is 0 Å². The Morgan fingerprint density at radius 3 is 2.83 bits per heavy atom. The van der Waals surface area contributed by atoms with Crippen molar-refractivity contribution < 1.29 is 9.84 Å². The summed E-state index contributed by atoms with van der Waals surface area (Å²) in [7, 11) is 1.72. The van der Waals surface area contributed by atoms with Crippen LogP contribution < -0.4 is 5.32 Å². The number of methoxy groups -OCH3 is 1. The maximum absolute atomic E-state index is 9.56. The van der Waals surface area contributed by atoms with Gasteiger partial charge in [-0.1, -0.05) is 6.92 Å². The average Bonchev–Trinajstić information content (AvgIpc) is 2.47. The summed E-state index contributed by atoms with van der Waals surface area (Å²) in [6, 6.07) is 0. The number of aliphatic hydroxyl groups is 1. The van der Waals surface area contributed by atoms with E-state index in [2.05, 4.69) is 12.2 Å². The van der Waals surface area contributed by atoms with Gasteiger partial charge in [0.2, 0.25) is 0 Å². The second-order valence-corrected chi connectivity index (χ2v) is 3.65. The van der Waals surface area contributed by atoms with E-state index in [-0.39, 0.29) is 6.10 Å². The standard InChI is InChI=1S/C9H19NO2/c1-7(3-4-12-2)8-5-10-6-9(8)11/h7-11H,3-6H2,1-2H3. The van der Waals surface area contributed by atoms with E-state index in [1.807, 2.05) is 0 Å². The minimum atomic E-state index is -0.156. The van der Waals surface area contributed by atoms with Crippen molar-refractivity contribution in [2.45, 2.75) is 19.4 Å². The Labute approximate surface area is 74.1 Å². The molecule has 1 aliphatic heterocycles. The molecule has 3 heteroatoms. The molecule has 0 aromatic carbocycles. The number of nitrogens with one attached hydrogen (secondary N) is 1. The molecule has 12 heavy (non-hydrogen) atoms. The van der Waals surface area contributed by atoms with Crippen LogP contribution in [0.15, 0.2) is 0 Å². The summed E-state index contributed by atoms with van der Waals surface area (Å²) in [5.41, 5.74) is 0. The summed E-state index contributed by atoms with van der Waals surface area (Å²) in [5.74, 6) is 0.968.